The lowest BCUT2D eigenvalue weighted by atomic mass is 10.0. The molecular weight excluding hydrogens is 430 g/mol. The first-order valence-corrected chi connectivity index (χ1v) is 12.4. The highest BCUT2D eigenvalue weighted by Gasteiger charge is 2.20. The van der Waals surface area contributed by atoms with E-state index >= 15 is 0 Å². The Morgan fingerprint density at radius 1 is 1.09 bits per heavy atom. The van der Waals surface area contributed by atoms with Gasteiger partial charge in [-0.15, -0.1) is 0 Å². The summed E-state index contributed by atoms with van der Waals surface area (Å²) in [6.07, 6.45) is 4.88. The number of hydrogen-bond acceptors (Lipinski definition) is 2. The van der Waals surface area contributed by atoms with E-state index in [1.54, 1.807) is 0 Å². The van der Waals surface area contributed by atoms with E-state index in [2.05, 4.69) is 52.9 Å². The van der Waals surface area contributed by atoms with Gasteiger partial charge in [-0.2, -0.15) is 0 Å². The third-order valence-corrected chi connectivity index (χ3v) is 6.99. The molecule has 2 heterocycles. The molecule has 2 aromatic carbocycles. The summed E-state index contributed by atoms with van der Waals surface area (Å²) >= 11 is 6.13. The number of carbonyl (C=O) groups excluding carboxylic acids is 1. The maximum absolute atomic E-state index is 13.2. The average Bonchev–Trinajstić information content (AvgIpc) is 3.15. The minimum atomic E-state index is -0.0131. The van der Waals surface area contributed by atoms with Crippen molar-refractivity contribution in [3.63, 3.8) is 0 Å². The molecule has 0 aliphatic carbocycles. The Balaban J connectivity index is 1.54. The molecule has 1 unspecified atom stereocenters. The standard InChI is InChI=1S/C28H34ClN3O/c1-20-8-6-10-25(18-20)32-22(3)26(19-27(32)23-11-13-24(29)14-12-23)28(33)30-15-7-17-31-16-5-4-9-21(31)2/h6,8,10-14,18-19,21H,4-5,7,9,15-17H2,1-3H3,(H,30,33). The molecule has 1 aliphatic heterocycles. The molecule has 1 atom stereocenters. The summed E-state index contributed by atoms with van der Waals surface area (Å²) in [5, 5.41) is 3.86. The highest BCUT2D eigenvalue weighted by atomic mass is 35.5. The van der Waals surface area contributed by atoms with Crippen LogP contribution in [0.5, 0.6) is 0 Å². The molecule has 1 aromatic heterocycles. The van der Waals surface area contributed by atoms with Crippen LogP contribution in [0, 0.1) is 13.8 Å². The average molecular weight is 464 g/mol. The van der Waals surface area contributed by atoms with Gasteiger partial charge in [-0.1, -0.05) is 42.3 Å². The van der Waals surface area contributed by atoms with Crippen LogP contribution in [0.25, 0.3) is 16.9 Å². The number of nitrogens with one attached hydrogen (secondary N) is 1. The summed E-state index contributed by atoms with van der Waals surface area (Å²) in [5.74, 6) is -0.0131. The van der Waals surface area contributed by atoms with Gasteiger partial charge >= 0.3 is 0 Å². The van der Waals surface area contributed by atoms with Gasteiger partial charge in [0.1, 0.15) is 0 Å². The SMILES string of the molecule is Cc1cccc(-n2c(-c3ccc(Cl)cc3)cc(C(=O)NCCCN3CCCCC3C)c2C)c1. The number of carbonyl (C=O) groups is 1. The third-order valence-electron chi connectivity index (χ3n) is 6.74. The molecule has 3 aromatic rings. The molecule has 174 valence electrons. The molecule has 0 saturated carbocycles. The second-order valence-electron chi connectivity index (χ2n) is 9.20. The molecular formula is C28H34ClN3O. The zero-order chi connectivity index (χ0) is 23.4. The van der Waals surface area contributed by atoms with Crippen LogP contribution in [0.2, 0.25) is 5.02 Å². The highest BCUT2D eigenvalue weighted by molar-refractivity contribution is 6.30. The lowest BCUT2D eigenvalue weighted by Crippen LogP contribution is -2.39. The molecule has 1 amide bonds. The first-order valence-electron chi connectivity index (χ1n) is 12.0. The molecule has 5 heteroatoms. The predicted octanol–water partition coefficient (Wildman–Crippen LogP) is 6.41. The Morgan fingerprint density at radius 2 is 1.88 bits per heavy atom. The topological polar surface area (TPSA) is 37.3 Å². The van der Waals surface area contributed by atoms with Crippen molar-refractivity contribution in [2.75, 3.05) is 19.6 Å². The summed E-state index contributed by atoms with van der Waals surface area (Å²) in [6, 6.07) is 18.8. The Morgan fingerprint density at radius 3 is 2.61 bits per heavy atom. The van der Waals surface area contributed by atoms with Crippen molar-refractivity contribution in [2.45, 2.75) is 52.5 Å². The van der Waals surface area contributed by atoms with Crippen molar-refractivity contribution in [2.24, 2.45) is 0 Å². The lowest BCUT2D eigenvalue weighted by molar-refractivity contribution is 0.0948. The summed E-state index contributed by atoms with van der Waals surface area (Å²) in [4.78, 5) is 15.7. The molecule has 4 nitrogen and oxygen atoms in total. The molecule has 0 bridgehead atoms. The van der Waals surface area contributed by atoms with Gasteiger partial charge in [-0.25, -0.2) is 0 Å². The van der Waals surface area contributed by atoms with E-state index in [0.29, 0.717) is 23.2 Å². The maximum atomic E-state index is 13.2. The van der Waals surface area contributed by atoms with Crippen molar-refractivity contribution >= 4 is 17.5 Å². The van der Waals surface area contributed by atoms with Crippen LogP contribution < -0.4 is 5.32 Å². The Labute approximate surface area is 202 Å². The van der Waals surface area contributed by atoms with E-state index in [9.17, 15) is 4.79 Å². The van der Waals surface area contributed by atoms with Crippen molar-refractivity contribution in [1.29, 1.82) is 0 Å². The number of aromatic nitrogens is 1. The van der Waals surface area contributed by atoms with Crippen molar-refractivity contribution < 1.29 is 4.79 Å². The number of halogens is 1. The number of amides is 1. The van der Waals surface area contributed by atoms with Crippen LogP contribution in [-0.4, -0.2) is 41.1 Å². The molecule has 1 saturated heterocycles. The number of rotatable bonds is 7. The van der Waals surface area contributed by atoms with Gasteiger partial charge in [0.05, 0.1) is 11.3 Å². The fourth-order valence-electron chi connectivity index (χ4n) is 4.84. The van der Waals surface area contributed by atoms with Gasteiger partial charge in [0, 0.05) is 35.5 Å². The van der Waals surface area contributed by atoms with Gasteiger partial charge < -0.3 is 14.8 Å². The fourth-order valence-corrected chi connectivity index (χ4v) is 4.96. The van der Waals surface area contributed by atoms with E-state index in [1.807, 2.05) is 37.3 Å². The third kappa shape index (κ3) is 5.51. The summed E-state index contributed by atoms with van der Waals surface area (Å²) < 4.78 is 2.17. The van der Waals surface area contributed by atoms with Gasteiger partial charge in [0.25, 0.3) is 5.91 Å². The summed E-state index contributed by atoms with van der Waals surface area (Å²) in [5.41, 5.74) is 5.90. The molecule has 1 N–H and O–H groups in total. The normalized spacial score (nSPS) is 16.7. The van der Waals surface area contributed by atoms with Gasteiger partial charge in [0.15, 0.2) is 0 Å². The van der Waals surface area contributed by atoms with Crippen LogP contribution in [0.1, 0.15) is 54.2 Å². The Kier molecular flexibility index (Phi) is 7.56. The summed E-state index contributed by atoms with van der Waals surface area (Å²) in [7, 11) is 0. The predicted molar refractivity (Wildman–Crippen MR) is 138 cm³/mol. The smallest absolute Gasteiger partial charge is 0.253 e. The van der Waals surface area contributed by atoms with E-state index in [1.165, 1.54) is 31.4 Å². The van der Waals surface area contributed by atoms with Crippen molar-refractivity contribution in [3.8, 4) is 16.9 Å². The van der Waals surface area contributed by atoms with E-state index < -0.39 is 0 Å². The minimum Gasteiger partial charge on any atom is -0.352 e. The van der Waals surface area contributed by atoms with Crippen LogP contribution in [-0.2, 0) is 0 Å². The number of aryl methyl sites for hydroxylation is 1. The van der Waals surface area contributed by atoms with E-state index in [-0.39, 0.29) is 5.91 Å². The lowest BCUT2D eigenvalue weighted by Gasteiger charge is -2.33. The van der Waals surface area contributed by atoms with Crippen LogP contribution in [0.4, 0.5) is 0 Å². The number of nitrogens with zero attached hydrogens (tertiary/aromatic N) is 2. The zero-order valence-corrected chi connectivity index (χ0v) is 20.7. The molecule has 33 heavy (non-hydrogen) atoms. The number of piperidine rings is 1. The van der Waals surface area contributed by atoms with Gasteiger partial charge in [-0.05, 0) is 88.0 Å². The second kappa shape index (κ2) is 10.6. The Bertz CT molecular complexity index is 1100. The fraction of sp³-hybridized carbons (Fsp3) is 0.393. The molecule has 1 aliphatic rings. The largest absolute Gasteiger partial charge is 0.352 e. The second-order valence-corrected chi connectivity index (χ2v) is 9.64. The Hall–Kier alpha value is -2.56. The number of likely N-dealkylation sites (tertiary alicyclic amines) is 1. The van der Waals surface area contributed by atoms with Gasteiger partial charge in [0.2, 0.25) is 0 Å². The summed E-state index contributed by atoms with van der Waals surface area (Å²) in [6.45, 7) is 9.33. The maximum Gasteiger partial charge on any atom is 0.253 e. The monoisotopic (exact) mass is 463 g/mol. The van der Waals surface area contributed by atoms with Crippen molar-refractivity contribution in [3.05, 3.63) is 76.4 Å². The highest BCUT2D eigenvalue weighted by Crippen LogP contribution is 2.30. The first kappa shape index (κ1) is 23.6. The van der Waals surface area contributed by atoms with Crippen LogP contribution in [0.3, 0.4) is 0 Å². The molecule has 1 fully saturated rings. The van der Waals surface area contributed by atoms with E-state index in [4.69, 9.17) is 11.6 Å². The molecule has 0 spiro atoms. The quantitative estimate of drug-likeness (QED) is 0.411. The van der Waals surface area contributed by atoms with Crippen molar-refractivity contribution in [1.82, 2.24) is 14.8 Å². The number of hydrogen-bond donors (Lipinski definition) is 1. The van der Waals surface area contributed by atoms with Crippen LogP contribution in [0.15, 0.2) is 54.6 Å². The zero-order valence-electron chi connectivity index (χ0n) is 19.9. The first-order chi connectivity index (χ1) is 15.9. The molecule has 0 radical (unpaired) electrons. The number of benzene rings is 2. The van der Waals surface area contributed by atoms with Crippen LogP contribution >= 0.6 is 11.6 Å². The van der Waals surface area contributed by atoms with E-state index in [0.717, 1.165) is 35.6 Å². The molecule has 4 rings (SSSR count). The van der Waals surface area contributed by atoms with Gasteiger partial charge in [-0.3, -0.25) is 4.79 Å². The minimum absolute atomic E-state index is 0.0131.